The predicted octanol–water partition coefficient (Wildman–Crippen LogP) is 3.39. The number of nitrogens with zero attached hydrogens (tertiary/aromatic N) is 4. The maximum Gasteiger partial charge on any atom is 0.308 e. The first-order valence-electron chi connectivity index (χ1n) is 9.23. The molecule has 0 N–H and O–H groups in total. The van der Waals surface area contributed by atoms with Gasteiger partial charge in [0.2, 0.25) is 0 Å². The van der Waals surface area contributed by atoms with E-state index < -0.39 is 11.9 Å². The molecule has 0 atom stereocenters. The minimum absolute atomic E-state index is 0.221. The lowest BCUT2D eigenvalue weighted by Gasteiger charge is -2.13. The number of hydrogen-bond donors (Lipinski definition) is 0. The van der Waals surface area contributed by atoms with Crippen molar-refractivity contribution < 1.29 is 19.1 Å². The smallest absolute Gasteiger partial charge is 0.308 e. The molecule has 2 aromatic carbocycles. The van der Waals surface area contributed by atoms with Gasteiger partial charge in [0.25, 0.3) is 0 Å². The average Bonchev–Trinajstić information content (AvgIpc) is 3.11. The molecule has 8 nitrogen and oxygen atoms in total. The van der Waals surface area contributed by atoms with E-state index in [1.165, 1.54) is 20.2 Å². The van der Waals surface area contributed by atoms with E-state index in [1.807, 2.05) is 34.9 Å². The van der Waals surface area contributed by atoms with Crippen molar-refractivity contribution >= 4 is 23.1 Å². The van der Waals surface area contributed by atoms with E-state index in [0.29, 0.717) is 29.0 Å². The molecule has 0 aliphatic heterocycles. The number of carbonyl (C=O) groups excluding carboxylic acids is 2. The van der Waals surface area contributed by atoms with E-state index in [4.69, 9.17) is 9.47 Å². The van der Waals surface area contributed by atoms with Gasteiger partial charge in [0.15, 0.2) is 5.65 Å². The van der Waals surface area contributed by atoms with E-state index in [-0.39, 0.29) is 11.5 Å². The first kappa shape index (κ1) is 19.3. The summed E-state index contributed by atoms with van der Waals surface area (Å²) in [5.41, 5.74) is 2.97. The number of rotatable bonds is 5. The predicted molar refractivity (Wildman–Crippen MR) is 109 cm³/mol. The maximum atomic E-state index is 11.6. The molecule has 0 radical (unpaired) electrons. The van der Waals surface area contributed by atoms with Crippen LogP contribution in [0, 0.1) is 0 Å². The molecule has 2 aromatic heterocycles. The Labute approximate surface area is 172 Å². The summed E-state index contributed by atoms with van der Waals surface area (Å²) in [5.74, 6) is -0.565. The summed E-state index contributed by atoms with van der Waals surface area (Å²) in [6.07, 6.45) is 3.08. The standard InChI is InChI=1S/C22H18N4O4/c1-14(27)29-17-9-6-10-18(30-15(2)28)19(17)20-21-22(24-12-23-20)26(13-25-21)11-16-7-4-3-5-8-16/h3-10,12-13H,11H2,1-2H3. The van der Waals surface area contributed by atoms with Crippen LogP contribution in [0.4, 0.5) is 0 Å². The lowest BCUT2D eigenvalue weighted by molar-refractivity contribution is -0.132. The second-order valence-corrected chi connectivity index (χ2v) is 6.57. The highest BCUT2D eigenvalue weighted by molar-refractivity contribution is 5.93. The van der Waals surface area contributed by atoms with Crippen LogP contribution in [0.5, 0.6) is 11.5 Å². The number of hydrogen-bond acceptors (Lipinski definition) is 7. The molecule has 8 heteroatoms. The van der Waals surface area contributed by atoms with Crippen molar-refractivity contribution in [3.63, 3.8) is 0 Å². The van der Waals surface area contributed by atoms with E-state index in [2.05, 4.69) is 15.0 Å². The summed E-state index contributed by atoms with van der Waals surface area (Å²) < 4.78 is 12.6. The van der Waals surface area contributed by atoms with Crippen LogP contribution in [-0.2, 0) is 16.1 Å². The molecule has 0 saturated heterocycles. The minimum Gasteiger partial charge on any atom is -0.426 e. The van der Waals surface area contributed by atoms with Gasteiger partial charge in [0.05, 0.1) is 18.4 Å². The molecule has 4 aromatic rings. The second-order valence-electron chi connectivity index (χ2n) is 6.57. The van der Waals surface area contributed by atoms with Crippen molar-refractivity contribution in [2.24, 2.45) is 0 Å². The highest BCUT2D eigenvalue weighted by Gasteiger charge is 2.22. The fourth-order valence-electron chi connectivity index (χ4n) is 3.18. The normalized spacial score (nSPS) is 10.7. The van der Waals surface area contributed by atoms with Gasteiger partial charge in [-0.3, -0.25) is 9.59 Å². The van der Waals surface area contributed by atoms with Gasteiger partial charge < -0.3 is 14.0 Å². The van der Waals surface area contributed by atoms with E-state index in [1.54, 1.807) is 24.5 Å². The Morgan fingerprint density at radius 1 is 0.867 bits per heavy atom. The molecule has 150 valence electrons. The Morgan fingerprint density at radius 2 is 1.53 bits per heavy atom. The molecule has 0 amide bonds. The van der Waals surface area contributed by atoms with Crippen molar-refractivity contribution in [3.05, 3.63) is 66.7 Å². The zero-order valence-electron chi connectivity index (χ0n) is 16.4. The highest BCUT2D eigenvalue weighted by atomic mass is 16.5. The third-order valence-electron chi connectivity index (χ3n) is 4.33. The molecule has 0 aliphatic carbocycles. The fraction of sp³-hybridized carbons (Fsp3) is 0.136. The molecule has 0 spiro atoms. The van der Waals surface area contributed by atoms with Gasteiger partial charge in [-0.1, -0.05) is 36.4 Å². The molecule has 0 fully saturated rings. The summed E-state index contributed by atoms with van der Waals surface area (Å²) in [6.45, 7) is 3.18. The second kappa shape index (κ2) is 8.12. The summed E-state index contributed by atoms with van der Waals surface area (Å²) >= 11 is 0. The average molecular weight is 402 g/mol. The summed E-state index contributed by atoms with van der Waals surface area (Å²) in [4.78, 5) is 36.5. The highest BCUT2D eigenvalue weighted by Crippen LogP contribution is 2.40. The fourth-order valence-corrected chi connectivity index (χ4v) is 3.18. The van der Waals surface area contributed by atoms with Crippen LogP contribution in [0.25, 0.3) is 22.4 Å². The number of benzene rings is 2. The quantitative estimate of drug-likeness (QED) is 0.373. The Balaban J connectivity index is 1.87. The number of fused-ring (bicyclic) bond motifs is 1. The van der Waals surface area contributed by atoms with Crippen LogP contribution < -0.4 is 9.47 Å². The van der Waals surface area contributed by atoms with Crippen molar-refractivity contribution in [1.29, 1.82) is 0 Å². The minimum atomic E-state index is -0.504. The van der Waals surface area contributed by atoms with E-state index >= 15 is 0 Å². The van der Waals surface area contributed by atoms with Crippen LogP contribution >= 0.6 is 0 Å². The molecule has 4 rings (SSSR count). The topological polar surface area (TPSA) is 96.2 Å². The summed E-state index contributed by atoms with van der Waals surface area (Å²) in [7, 11) is 0. The maximum absolute atomic E-state index is 11.6. The van der Waals surface area contributed by atoms with Gasteiger partial charge in [0.1, 0.15) is 29.0 Å². The number of aromatic nitrogens is 4. The molecule has 0 unspecified atom stereocenters. The van der Waals surface area contributed by atoms with Crippen LogP contribution in [0.3, 0.4) is 0 Å². The van der Waals surface area contributed by atoms with E-state index in [0.717, 1.165) is 5.56 Å². The van der Waals surface area contributed by atoms with Gasteiger partial charge in [0, 0.05) is 13.8 Å². The Hall–Kier alpha value is -4.07. The largest absolute Gasteiger partial charge is 0.426 e. The molecular weight excluding hydrogens is 384 g/mol. The first-order valence-corrected chi connectivity index (χ1v) is 9.23. The summed E-state index contributed by atoms with van der Waals surface area (Å²) in [6, 6.07) is 14.8. The number of imidazole rings is 1. The van der Waals surface area contributed by atoms with Gasteiger partial charge >= 0.3 is 11.9 Å². The molecule has 0 bridgehead atoms. The lowest BCUT2D eigenvalue weighted by atomic mass is 10.1. The third kappa shape index (κ3) is 3.88. The van der Waals surface area contributed by atoms with Gasteiger partial charge in [-0.25, -0.2) is 15.0 Å². The van der Waals surface area contributed by atoms with Crippen molar-refractivity contribution in [1.82, 2.24) is 19.5 Å². The molecule has 0 aliphatic rings. The number of esters is 2. The molecular formula is C22H18N4O4. The first-order chi connectivity index (χ1) is 14.5. The van der Waals surface area contributed by atoms with Gasteiger partial charge in [-0.2, -0.15) is 0 Å². The molecule has 30 heavy (non-hydrogen) atoms. The van der Waals surface area contributed by atoms with Crippen LogP contribution in [0.2, 0.25) is 0 Å². The zero-order chi connectivity index (χ0) is 21.1. The van der Waals surface area contributed by atoms with Gasteiger partial charge in [-0.05, 0) is 17.7 Å². The SMILES string of the molecule is CC(=O)Oc1cccc(OC(C)=O)c1-c1ncnc2c1ncn2Cc1ccccc1. The number of carbonyl (C=O) groups is 2. The van der Waals surface area contributed by atoms with Crippen molar-refractivity contribution in [2.75, 3.05) is 0 Å². The number of ether oxygens (including phenoxy) is 2. The Morgan fingerprint density at radius 3 is 2.17 bits per heavy atom. The molecule has 0 saturated carbocycles. The zero-order valence-corrected chi connectivity index (χ0v) is 16.4. The van der Waals surface area contributed by atoms with Crippen LogP contribution in [0.1, 0.15) is 19.4 Å². The monoisotopic (exact) mass is 402 g/mol. The van der Waals surface area contributed by atoms with Crippen molar-refractivity contribution in [3.8, 4) is 22.8 Å². The van der Waals surface area contributed by atoms with Crippen LogP contribution in [0.15, 0.2) is 61.2 Å². The third-order valence-corrected chi connectivity index (χ3v) is 4.33. The van der Waals surface area contributed by atoms with Gasteiger partial charge in [-0.15, -0.1) is 0 Å². The summed E-state index contributed by atoms with van der Waals surface area (Å²) in [5, 5.41) is 0. The van der Waals surface area contributed by atoms with Crippen molar-refractivity contribution in [2.45, 2.75) is 20.4 Å². The molecule has 2 heterocycles. The Kier molecular flexibility index (Phi) is 5.21. The Bertz CT molecular complexity index is 1200. The van der Waals surface area contributed by atoms with E-state index in [9.17, 15) is 9.59 Å². The van der Waals surface area contributed by atoms with Crippen LogP contribution in [-0.4, -0.2) is 31.5 Å². The lowest BCUT2D eigenvalue weighted by Crippen LogP contribution is -2.07.